The summed E-state index contributed by atoms with van der Waals surface area (Å²) in [5, 5.41) is 5.70. The van der Waals surface area contributed by atoms with Gasteiger partial charge in [-0.15, -0.1) is 0 Å². The number of carbonyl (C=O) groups excluding carboxylic acids is 2. The molecule has 2 aromatic carbocycles. The fraction of sp³-hybridized carbons (Fsp3) is 0.125. The molecule has 2 aromatic heterocycles. The van der Waals surface area contributed by atoms with Gasteiger partial charge in [0.2, 0.25) is 5.82 Å². The van der Waals surface area contributed by atoms with Crippen molar-refractivity contribution in [2.75, 3.05) is 10.6 Å². The zero-order valence-corrected chi connectivity index (χ0v) is 16.8. The molecule has 0 saturated carbocycles. The molecule has 0 aliphatic carbocycles. The highest BCUT2D eigenvalue weighted by Gasteiger charge is 2.21. The summed E-state index contributed by atoms with van der Waals surface area (Å²) in [5.74, 6) is -0.596. The number of aryl methyl sites for hydroxylation is 2. The average molecular weight is 398 g/mol. The molecule has 0 spiro atoms. The highest BCUT2D eigenvalue weighted by Crippen LogP contribution is 2.18. The van der Waals surface area contributed by atoms with Gasteiger partial charge in [0, 0.05) is 17.6 Å². The van der Waals surface area contributed by atoms with Crippen LogP contribution in [0.3, 0.4) is 0 Å². The van der Waals surface area contributed by atoms with Gasteiger partial charge in [-0.1, -0.05) is 42.8 Å². The first kappa shape index (κ1) is 19.4. The first-order valence-corrected chi connectivity index (χ1v) is 9.80. The third kappa shape index (κ3) is 3.93. The van der Waals surface area contributed by atoms with Gasteiger partial charge in [-0.05, 0) is 55.3 Å². The molecule has 0 saturated heterocycles. The Hall–Kier alpha value is -3.93. The third-order valence-electron chi connectivity index (χ3n) is 4.90. The van der Waals surface area contributed by atoms with Crippen LogP contribution in [-0.4, -0.2) is 21.2 Å². The molecule has 4 rings (SSSR count). The monoisotopic (exact) mass is 398 g/mol. The lowest BCUT2D eigenvalue weighted by Gasteiger charge is -2.04. The third-order valence-corrected chi connectivity index (χ3v) is 4.90. The fourth-order valence-corrected chi connectivity index (χ4v) is 3.20. The number of fused-ring (bicyclic) bond motifs is 1. The quantitative estimate of drug-likeness (QED) is 0.511. The van der Waals surface area contributed by atoms with E-state index < -0.39 is 0 Å². The van der Waals surface area contributed by atoms with Gasteiger partial charge in [-0.2, -0.15) is 0 Å². The van der Waals surface area contributed by atoms with Crippen molar-refractivity contribution in [2.24, 2.45) is 0 Å². The number of rotatable bonds is 5. The van der Waals surface area contributed by atoms with Crippen LogP contribution in [0.4, 0.5) is 11.4 Å². The van der Waals surface area contributed by atoms with Crippen LogP contribution in [0.15, 0.2) is 72.9 Å². The zero-order chi connectivity index (χ0) is 21.1. The summed E-state index contributed by atoms with van der Waals surface area (Å²) in [6.07, 6.45) is 2.65. The molecule has 0 aliphatic heterocycles. The summed E-state index contributed by atoms with van der Waals surface area (Å²) < 4.78 is 1.62. The zero-order valence-electron chi connectivity index (χ0n) is 16.8. The molecule has 4 aromatic rings. The number of amides is 2. The Morgan fingerprint density at radius 2 is 1.50 bits per heavy atom. The lowest BCUT2D eigenvalue weighted by molar-refractivity contribution is 0.101. The van der Waals surface area contributed by atoms with Gasteiger partial charge in [-0.25, -0.2) is 4.98 Å². The van der Waals surface area contributed by atoms with E-state index in [1.807, 2.05) is 61.5 Å². The van der Waals surface area contributed by atoms with Crippen LogP contribution >= 0.6 is 0 Å². The Bertz CT molecular complexity index is 1210. The summed E-state index contributed by atoms with van der Waals surface area (Å²) >= 11 is 0. The molecule has 0 atom stereocenters. The lowest BCUT2D eigenvalue weighted by atomic mass is 10.1. The van der Waals surface area contributed by atoms with E-state index in [4.69, 9.17) is 0 Å². The van der Waals surface area contributed by atoms with Crippen LogP contribution in [0.1, 0.15) is 39.2 Å². The Kier molecular flexibility index (Phi) is 5.30. The van der Waals surface area contributed by atoms with Gasteiger partial charge in [0.1, 0.15) is 0 Å². The second-order valence-corrected chi connectivity index (χ2v) is 7.06. The molecule has 6 nitrogen and oxygen atoms in total. The fourth-order valence-electron chi connectivity index (χ4n) is 3.20. The largest absolute Gasteiger partial charge is 0.321 e. The number of nitrogens with zero attached hydrogens (tertiary/aromatic N) is 2. The van der Waals surface area contributed by atoms with E-state index in [0.717, 1.165) is 12.0 Å². The lowest BCUT2D eigenvalue weighted by Crippen LogP contribution is -2.16. The minimum absolute atomic E-state index is 0.151. The Labute approximate surface area is 174 Å². The highest BCUT2D eigenvalue weighted by molar-refractivity contribution is 6.10. The molecular weight excluding hydrogens is 376 g/mol. The minimum atomic E-state index is -0.383. The van der Waals surface area contributed by atoms with Crippen molar-refractivity contribution in [3.8, 4) is 0 Å². The molecule has 0 fully saturated rings. The number of carbonyl (C=O) groups is 2. The summed E-state index contributed by atoms with van der Waals surface area (Å²) in [6, 6.07) is 20.5. The van der Waals surface area contributed by atoms with Crippen LogP contribution in [0.2, 0.25) is 0 Å². The van der Waals surface area contributed by atoms with Crippen LogP contribution in [-0.2, 0) is 6.42 Å². The molecule has 2 heterocycles. The van der Waals surface area contributed by atoms with Gasteiger partial charge < -0.3 is 10.6 Å². The summed E-state index contributed by atoms with van der Waals surface area (Å²) in [7, 11) is 0. The predicted octanol–water partition coefficient (Wildman–Crippen LogP) is 4.71. The first-order chi connectivity index (χ1) is 14.5. The van der Waals surface area contributed by atoms with Crippen molar-refractivity contribution >= 4 is 28.7 Å². The summed E-state index contributed by atoms with van der Waals surface area (Å²) in [5.41, 5.74) is 4.40. The Balaban J connectivity index is 1.63. The maximum Gasteiger partial charge on any atom is 0.292 e. The molecule has 0 aliphatic rings. The van der Waals surface area contributed by atoms with Crippen molar-refractivity contribution in [1.82, 2.24) is 9.38 Å². The molecule has 150 valence electrons. The van der Waals surface area contributed by atoms with Gasteiger partial charge in [0.05, 0.1) is 5.52 Å². The average Bonchev–Trinajstić information content (AvgIpc) is 3.16. The standard InChI is InChI=1S/C24H22N4O2/c1-3-17-9-13-19(14-10-17)25-23(29)21-20-6-4-5-15-28(20)22(27-21)24(30)26-18-11-7-16(2)8-12-18/h4-15H,3H2,1-2H3,(H,25,29)(H,26,30). The van der Waals surface area contributed by atoms with Gasteiger partial charge in [0.25, 0.3) is 11.8 Å². The topological polar surface area (TPSA) is 75.5 Å². The van der Waals surface area contributed by atoms with Gasteiger partial charge in [0.15, 0.2) is 5.69 Å². The molecule has 0 bridgehead atoms. The number of imidazole rings is 1. The van der Waals surface area contributed by atoms with Gasteiger partial charge >= 0.3 is 0 Å². The van der Waals surface area contributed by atoms with E-state index in [-0.39, 0.29) is 23.3 Å². The number of benzene rings is 2. The number of aromatic nitrogens is 2. The molecule has 0 unspecified atom stereocenters. The predicted molar refractivity (Wildman–Crippen MR) is 118 cm³/mol. The number of nitrogens with one attached hydrogen (secondary N) is 2. The van der Waals surface area contributed by atoms with Crippen molar-refractivity contribution in [1.29, 1.82) is 0 Å². The smallest absolute Gasteiger partial charge is 0.292 e. The minimum Gasteiger partial charge on any atom is -0.321 e. The van der Waals surface area contributed by atoms with Crippen LogP contribution < -0.4 is 10.6 Å². The van der Waals surface area contributed by atoms with E-state index in [9.17, 15) is 9.59 Å². The van der Waals surface area contributed by atoms with Crippen molar-refractivity contribution in [3.05, 3.63) is 95.6 Å². The highest BCUT2D eigenvalue weighted by atomic mass is 16.2. The normalized spacial score (nSPS) is 10.7. The van der Waals surface area contributed by atoms with E-state index >= 15 is 0 Å². The van der Waals surface area contributed by atoms with E-state index in [0.29, 0.717) is 16.9 Å². The number of anilines is 2. The molecular formula is C24H22N4O2. The van der Waals surface area contributed by atoms with Crippen molar-refractivity contribution in [3.63, 3.8) is 0 Å². The SMILES string of the molecule is CCc1ccc(NC(=O)c2nc(C(=O)Nc3ccc(C)cc3)n3ccccc23)cc1. The maximum absolute atomic E-state index is 12.9. The molecule has 2 amide bonds. The summed E-state index contributed by atoms with van der Waals surface area (Å²) in [4.78, 5) is 30.1. The first-order valence-electron chi connectivity index (χ1n) is 9.80. The molecule has 0 radical (unpaired) electrons. The van der Waals surface area contributed by atoms with E-state index in [1.54, 1.807) is 22.7 Å². The van der Waals surface area contributed by atoms with Crippen molar-refractivity contribution in [2.45, 2.75) is 20.3 Å². The maximum atomic E-state index is 12.9. The molecule has 2 N–H and O–H groups in total. The van der Waals surface area contributed by atoms with E-state index in [1.165, 1.54) is 5.56 Å². The number of pyridine rings is 1. The second kappa shape index (κ2) is 8.21. The van der Waals surface area contributed by atoms with Crippen molar-refractivity contribution < 1.29 is 9.59 Å². The van der Waals surface area contributed by atoms with E-state index in [2.05, 4.69) is 22.5 Å². The van der Waals surface area contributed by atoms with Crippen LogP contribution in [0.5, 0.6) is 0 Å². The van der Waals surface area contributed by atoms with Crippen LogP contribution in [0, 0.1) is 6.92 Å². The molecule has 6 heteroatoms. The van der Waals surface area contributed by atoms with Crippen LogP contribution in [0.25, 0.3) is 5.52 Å². The number of hydrogen-bond donors (Lipinski definition) is 2. The molecule has 30 heavy (non-hydrogen) atoms. The second-order valence-electron chi connectivity index (χ2n) is 7.06. The Morgan fingerprint density at radius 3 is 2.17 bits per heavy atom. The summed E-state index contributed by atoms with van der Waals surface area (Å²) in [6.45, 7) is 4.06. The van der Waals surface area contributed by atoms with Gasteiger partial charge in [-0.3, -0.25) is 14.0 Å². The number of hydrogen-bond acceptors (Lipinski definition) is 3. The Morgan fingerprint density at radius 1 is 0.867 bits per heavy atom.